The summed E-state index contributed by atoms with van der Waals surface area (Å²) in [4.78, 5) is 24.7. The number of nitrogens with zero attached hydrogens (tertiary/aromatic N) is 1. The molecule has 1 fully saturated rings. The predicted octanol–water partition coefficient (Wildman–Crippen LogP) is 0.921. The molecule has 0 aromatic rings. The minimum atomic E-state index is -0.728. The van der Waals surface area contributed by atoms with E-state index in [-0.39, 0.29) is 19.6 Å². The van der Waals surface area contributed by atoms with Crippen molar-refractivity contribution in [3.63, 3.8) is 0 Å². The number of carbonyl (C=O) groups excluding carboxylic acids is 2. The van der Waals surface area contributed by atoms with Crippen LogP contribution in [0.4, 0.5) is 4.79 Å². The number of unbranched alkanes of at least 4 members (excludes halogenated alkanes) is 1. The van der Waals surface area contributed by atoms with Gasteiger partial charge >= 0.3 is 12.1 Å². The van der Waals surface area contributed by atoms with Gasteiger partial charge in [-0.2, -0.15) is 0 Å². The first-order valence-electron chi connectivity index (χ1n) is 6.38. The van der Waals surface area contributed by atoms with Crippen LogP contribution in [-0.2, 0) is 14.3 Å². The van der Waals surface area contributed by atoms with E-state index < -0.39 is 24.2 Å². The lowest BCUT2D eigenvalue weighted by atomic mass is 10.2. The maximum absolute atomic E-state index is 11.8. The average molecular weight is 259 g/mol. The SMILES string of the molecule is CCCCOC(=O)N1CC(O)CC1C(=O)OCC. The summed E-state index contributed by atoms with van der Waals surface area (Å²) in [5.74, 6) is -0.485. The van der Waals surface area contributed by atoms with E-state index in [1.54, 1.807) is 6.92 Å². The maximum Gasteiger partial charge on any atom is 0.410 e. The lowest BCUT2D eigenvalue weighted by Crippen LogP contribution is -2.42. The first kappa shape index (κ1) is 14.8. The molecule has 0 aromatic carbocycles. The van der Waals surface area contributed by atoms with Crippen molar-refractivity contribution < 1.29 is 24.2 Å². The number of likely N-dealkylation sites (tertiary alicyclic amines) is 1. The summed E-state index contributed by atoms with van der Waals surface area (Å²) in [6.45, 7) is 4.40. The summed E-state index contributed by atoms with van der Waals surface area (Å²) in [7, 11) is 0. The van der Waals surface area contributed by atoms with Crippen LogP contribution in [0.1, 0.15) is 33.1 Å². The number of aliphatic hydroxyl groups is 1. The molecular weight excluding hydrogens is 238 g/mol. The third kappa shape index (κ3) is 3.87. The molecule has 2 atom stereocenters. The Morgan fingerprint density at radius 1 is 1.33 bits per heavy atom. The minimum Gasteiger partial charge on any atom is -0.464 e. The van der Waals surface area contributed by atoms with Crippen molar-refractivity contribution in [1.82, 2.24) is 4.90 Å². The number of hydrogen-bond donors (Lipinski definition) is 1. The van der Waals surface area contributed by atoms with Crippen LogP contribution >= 0.6 is 0 Å². The summed E-state index contributed by atoms with van der Waals surface area (Å²) in [6, 6.07) is -0.728. The van der Waals surface area contributed by atoms with Crippen molar-refractivity contribution in [2.75, 3.05) is 19.8 Å². The molecule has 6 heteroatoms. The van der Waals surface area contributed by atoms with Gasteiger partial charge in [-0.3, -0.25) is 4.90 Å². The summed E-state index contributed by atoms with van der Waals surface area (Å²) in [6.07, 6.45) is 0.668. The van der Waals surface area contributed by atoms with Gasteiger partial charge in [-0.1, -0.05) is 13.3 Å². The highest BCUT2D eigenvalue weighted by Crippen LogP contribution is 2.20. The number of esters is 1. The number of hydrogen-bond acceptors (Lipinski definition) is 5. The molecule has 0 aromatic heterocycles. The van der Waals surface area contributed by atoms with Gasteiger partial charge in [-0.05, 0) is 13.3 Å². The van der Waals surface area contributed by atoms with Crippen molar-refractivity contribution in [1.29, 1.82) is 0 Å². The molecule has 2 unspecified atom stereocenters. The number of amides is 1. The second kappa shape index (κ2) is 7.20. The third-order valence-corrected chi connectivity index (χ3v) is 2.80. The summed E-state index contributed by atoms with van der Waals surface area (Å²) in [5, 5.41) is 9.55. The van der Waals surface area contributed by atoms with Gasteiger partial charge in [0.15, 0.2) is 0 Å². The van der Waals surface area contributed by atoms with Crippen molar-refractivity contribution >= 4 is 12.1 Å². The van der Waals surface area contributed by atoms with E-state index in [1.165, 1.54) is 4.90 Å². The maximum atomic E-state index is 11.8. The molecule has 1 rings (SSSR count). The van der Waals surface area contributed by atoms with Gasteiger partial charge < -0.3 is 14.6 Å². The molecule has 0 aliphatic carbocycles. The van der Waals surface area contributed by atoms with Crippen LogP contribution in [0.15, 0.2) is 0 Å². The van der Waals surface area contributed by atoms with Crippen LogP contribution in [0.3, 0.4) is 0 Å². The highest BCUT2D eigenvalue weighted by molar-refractivity contribution is 5.82. The monoisotopic (exact) mass is 259 g/mol. The number of β-amino-alcohol motifs (C(OH)–C–C–N with tert-alkyl or cyclic N) is 1. The normalized spacial score (nSPS) is 22.9. The zero-order chi connectivity index (χ0) is 13.5. The smallest absolute Gasteiger partial charge is 0.410 e. The van der Waals surface area contributed by atoms with Crippen LogP contribution in [0, 0.1) is 0 Å². The fraction of sp³-hybridized carbons (Fsp3) is 0.833. The fourth-order valence-corrected chi connectivity index (χ4v) is 1.86. The van der Waals surface area contributed by atoms with Crippen LogP contribution in [-0.4, -0.2) is 54.0 Å². The summed E-state index contributed by atoms with van der Waals surface area (Å²) >= 11 is 0. The van der Waals surface area contributed by atoms with Crippen molar-refractivity contribution in [3.8, 4) is 0 Å². The Labute approximate surface area is 107 Å². The first-order valence-corrected chi connectivity index (χ1v) is 6.38. The van der Waals surface area contributed by atoms with Gasteiger partial charge in [0.2, 0.25) is 0 Å². The van der Waals surface area contributed by atoms with Crippen molar-refractivity contribution in [2.45, 2.75) is 45.3 Å². The van der Waals surface area contributed by atoms with Gasteiger partial charge in [0.1, 0.15) is 6.04 Å². The lowest BCUT2D eigenvalue weighted by molar-refractivity contribution is -0.148. The zero-order valence-electron chi connectivity index (χ0n) is 10.9. The molecule has 0 saturated carbocycles. The fourth-order valence-electron chi connectivity index (χ4n) is 1.86. The van der Waals surface area contributed by atoms with E-state index in [0.717, 1.165) is 12.8 Å². The second-order valence-corrected chi connectivity index (χ2v) is 4.28. The van der Waals surface area contributed by atoms with Crippen LogP contribution < -0.4 is 0 Å². The Balaban J connectivity index is 2.55. The van der Waals surface area contributed by atoms with E-state index in [0.29, 0.717) is 6.61 Å². The van der Waals surface area contributed by atoms with E-state index in [1.807, 2.05) is 6.92 Å². The number of rotatable bonds is 5. The zero-order valence-corrected chi connectivity index (χ0v) is 10.9. The molecule has 1 N–H and O–H groups in total. The van der Waals surface area contributed by atoms with Crippen LogP contribution in [0.2, 0.25) is 0 Å². The molecule has 1 heterocycles. The number of carbonyl (C=O) groups is 2. The topological polar surface area (TPSA) is 76.1 Å². The molecule has 1 aliphatic rings. The molecule has 104 valence electrons. The minimum absolute atomic E-state index is 0.119. The molecule has 6 nitrogen and oxygen atoms in total. The molecular formula is C12H21NO5. The highest BCUT2D eigenvalue weighted by atomic mass is 16.6. The van der Waals surface area contributed by atoms with Crippen molar-refractivity contribution in [3.05, 3.63) is 0 Å². The third-order valence-electron chi connectivity index (χ3n) is 2.80. The van der Waals surface area contributed by atoms with E-state index >= 15 is 0 Å². The van der Waals surface area contributed by atoms with Gasteiger partial charge in [0.05, 0.1) is 25.9 Å². The second-order valence-electron chi connectivity index (χ2n) is 4.28. The van der Waals surface area contributed by atoms with Crippen LogP contribution in [0.5, 0.6) is 0 Å². The molecule has 18 heavy (non-hydrogen) atoms. The summed E-state index contributed by atoms with van der Waals surface area (Å²) < 4.78 is 9.92. The Hall–Kier alpha value is -1.30. The van der Waals surface area contributed by atoms with E-state index in [2.05, 4.69) is 0 Å². The number of aliphatic hydroxyl groups excluding tert-OH is 1. The van der Waals surface area contributed by atoms with E-state index in [4.69, 9.17) is 9.47 Å². The largest absolute Gasteiger partial charge is 0.464 e. The van der Waals surface area contributed by atoms with E-state index in [9.17, 15) is 14.7 Å². The van der Waals surface area contributed by atoms with Crippen molar-refractivity contribution in [2.24, 2.45) is 0 Å². The lowest BCUT2D eigenvalue weighted by Gasteiger charge is -2.22. The van der Waals surface area contributed by atoms with Gasteiger partial charge in [-0.15, -0.1) is 0 Å². The highest BCUT2D eigenvalue weighted by Gasteiger charge is 2.40. The average Bonchev–Trinajstić information content (AvgIpc) is 2.72. The standard InChI is InChI=1S/C12H21NO5/c1-3-5-6-18-12(16)13-8-9(14)7-10(13)11(15)17-4-2/h9-10,14H,3-8H2,1-2H3. The van der Waals surface area contributed by atoms with Crippen LogP contribution in [0.25, 0.3) is 0 Å². The molecule has 0 spiro atoms. The summed E-state index contributed by atoms with van der Waals surface area (Å²) in [5.41, 5.74) is 0. The molecule has 1 amide bonds. The number of ether oxygens (including phenoxy) is 2. The van der Waals surface area contributed by atoms with Gasteiger partial charge in [0.25, 0.3) is 0 Å². The Morgan fingerprint density at radius 2 is 2.06 bits per heavy atom. The van der Waals surface area contributed by atoms with Gasteiger partial charge in [0, 0.05) is 6.42 Å². The molecule has 1 aliphatic heterocycles. The Morgan fingerprint density at radius 3 is 2.67 bits per heavy atom. The predicted molar refractivity (Wildman–Crippen MR) is 64.0 cm³/mol. The van der Waals surface area contributed by atoms with Gasteiger partial charge in [-0.25, -0.2) is 9.59 Å². The Bertz CT molecular complexity index is 294. The molecule has 0 radical (unpaired) electrons. The quantitative estimate of drug-likeness (QED) is 0.587. The first-order chi connectivity index (χ1) is 8.60. The molecule has 0 bridgehead atoms. The molecule has 1 saturated heterocycles. The Kier molecular flexibility index (Phi) is 5.91.